The number of nitrogens with one attached hydrogen (secondary N) is 1. The van der Waals surface area contributed by atoms with Gasteiger partial charge in [-0.3, -0.25) is 9.52 Å². The van der Waals surface area contributed by atoms with E-state index >= 15 is 0 Å². The van der Waals surface area contributed by atoms with Gasteiger partial charge in [0.1, 0.15) is 11.6 Å². The maximum absolute atomic E-state index is 13.1. The minimum Gasteiger partial charge on any atom is -0.495 e. The monoisotopic (exact) mass is 407 g/mol. The number of methoxy groups -OCH3 is 1. The third-order valence-electron chi connectivity index (χ3n) is 4.61. The normalized spacial score (nSPS) is 15.3. The lowest BCUT2D eigenvalue weighted by Crippen LogP contribution is -2.47. The fourth-order valence-corrected chi connectivity index (χ4v) is 3.99. The zero-order valence-corrected chi connectivity index (χ0v) is 16.5. The van der Waals surface area contributed by atoms with Gasteiger partial charge in [-0.15, -0.1) is 0 Å². The fraction of sp³-hybridized carbons (Fsp3) is 0.316. The maximum atomic E-state index is 13.1. The summed E-state index contributed by atoms with van der Waals surface area (Å²) in [5, 5.41) is 0. The number of hydrogen-bond donors (Lipinski definition) is 1. The number of sulfonamides is 1. The molecule has 0 saturated carbocycles. The van der Waals surface area contributed by atoms with Crippen molar-refractivity contribution in [3.05, 3.63) is 53.8 Å². The zero-order valence-electron chi connectivity index (χ0n) is 15.7. The van der Waals surface area contributed by atoms with Gasteiger partial charge in [0.25, 0.3) is 15.9 Å². The van der Waals surface area contributed by atoms with Gasteiger partial charge in [0.15, 0.2) is 0 Å². The number of ether oxygens (including phenoxy) is 1. The molecule has 2 aromatic rings. The van der Waals surface area contributed by atoms with Crippen LogP contribution in [0, 0.1) is 5.82 Å². The van der Waals surface area contributed by atoms with E-state index in [1.807, 2.05) is 7.05 Å². The van der Waals surface area contributed by atoms with Crippen LogP contribution in [0.4, 0.5) is 10.1 Å². The maximum Gasteiger partial charge on any atom is 0.262 e. The van der Waals surface area contributed by atoms with E-state index in [1.54, 1.807) is 17.0 Å². The Morgan fingerprint density at radius 1 is 1.07 bits per heavy atom. The molecular weight excluding hydrogens is 385 g/mol. The van der Waals surface area contributed by atoms with E-state index in [4.69, 9.17) is 4.74 Å². The molecule has 0 aliphatic carbocycles. The summed E-state index contributed by atoms with van der Waals surface area (Å²) in [6.07, 6.45) is 0. The van der Waals surface area contributed by atoms with Crippen LogP contribution < -0.4 is 9.46 Å². The molecular formula is C19H22FN3O4S. The lowest BCUT2D eigenvalue weighted by atomic mass is 10.1. The molecule has 1 fully saturated rings. The van der Waals surface area contributed by atoms with Crippen LogP contribution in [-0.2, 0) is 10.0 Å². The summed E-state index contributed by atoms with van der Waals surface area (Å²) >= 11 is 0. The summed E-state index contributed by atoms with van der Waals surface area (Å²) in [7, 11) is -0.558. The molecule has 1 heterocycles. The Bertz CT molecular complexity index is 956. The molecule has 1 N–H and O–H groups in total. The molecule has 0 aromatic heterocycles. The summed E-state index contributed by atoms with van der Waals surface area (Å²) < 4.78 is 45.9. The number of carbonyl (C=O) groups is 1. The average molecular weight is 407 g/mol. The van der Waals surface area contributed by atoms with Crippen molar-refractivity contribution in [3.8, 4) is 5.75 Å². The number of nitrogens with zero attached hydrogens (tertiary/aromatic N) is 2. The fourth-order valence-electron chi connectivity index (χ4n) is 2.93. The molecule has 1 saturated heterocycles. The molecule has 0 bridgehead atoms. The molecule has 150 valence electrons. The number of carbonyl (C=O) groups excluding carboxylic acids is 1. The Kier molecular flexibility index (Phi) is 5.85. The van der Waals surface area contributed by atoms with Crippen molar-refractivity contribution in [2.75, 3.05) is 45.1 Å². The van der Waals surface area contributed by atoms with Crippen LogP contribution in [0.3, 0.4) is 0 Å². The Morgan fingerprint density at radius 2 is 1.71 bits per heavy atom. The Balaban J connectivity index is 1.87. The Labute approximate surface area is 163 Å². The molecule has 0 spiro atoms. The third-order valence-corrected chi connectivity index (χ3v) is 5.99. The van der Waals surface area contributed by atoms with Gasteiger partial charge < -0.3 is 14.5 Å². The number of piperazine rings is 1. The predicted octanol–water partition coefficient (Wildman–Crippen LogP) is 2.02. The van der Waals surface area contributed by atoms with Gasteiger partial charge in [0.2, 0.25) is 0 Å². The molecule has 2 aromatic carbocycles. The van der Waals surface area contributed by atoms with Gasteiger partial charge in [-0.05, 0) is 49.5 Å². The van der Waals surface area contributed by atoms with Gasteiger partial charge in [0.05, 0.1) is 17.7 Å². The Morgan fingerprint density at radius 3 is 2.32 bits per heavy atom. The van der Waals surface area contributed by atoms with E-state index in [9.17, 15) is 17.6 Å². The standard InChI is InChI=1S/C19H22FN3O4S/c1-22-9-11-23(12-10-22)19(24)14-3-8-18(27-2)17(13-14)21-28(25,26)16-6-4-15(20)5-7-16/h3-8,13,21H,9-12H2,1-2H3. The number of hydrogen-bond acceptors (Lipinski definition) is 5. The molecule has 0 unspecified atom stereocenters. The van der Waals surface area contributed by atoms with Crippen molar-refractivity contribution in [1.82, 2.24) is 9.80 Å². The highest BCUT2D eigenvalue weighted by Crippen LogP contribution is 2.28. The Hall–Kier alpha value is -2.65. The lowest BCUT2D eigenvalue weighted by Gasteiger charge is -2.32. The first-order valence-corrected chi connectivity index (χ1v) is 10.2. The van der Waals surface area contributed by atoms with Gasteiger partial charge in [-0.25, -0.2) is 12.8 Å². The second kappa shape index (κ2) is 8.15. The first-order chi connectivity index (χ1) is 13.3. The van der Waals surface area contributed by atoms with E-state index in [0.717, 1.165) is 25.2 Å². The van der Waals surface area contributed by atoms with Crippen LogP contribution >= 0.6 is 0 Å². The van der Waals surface area contributed by atoms with E-state index in [1.165, 1.54) is 25.3 Å². The van der Waals surface area contributed by atoms with Gasteiger partial charge >= 0.3 is 0 Å². The molecule has 28 heavy (non-hydrogen) atoms. The van der Waals surface area contributed by atoms with Crippen molar-refractivity contribution >= 4 is 21.6 Å². The van der Waals surface area contributed by atoms with Crippen molar-refractivity contribution in [3.63, 3.8) is 0 Å². The van der Waals surface area contributed by atoms with E-state index in [0.29, 0.717) is 18.7 Å². The minimum absolute atomic E-state index is 0.0910. The van der Waals surface area contributed by atoms with E-state index in [-0.39, 0.29) is 22.2 Å². The SMILES string of the molecule is COc1ccc(C(=O)N2CCN(C)CC2)cc1NS(=O)(=O)c1ccc(F)cc1. The smallest absolute Gasteiger partial charge is 0.262 e. The van der Waals surface area contributed by atoms with Gasteiger partial charge in [-0.1, -0.05) is 0 Å². The molecule has 1 amide bonds. The summed E-state index contributed by atoms with van der Waals surface area (Å²) in [4.78, 5) is 16.6. The summed E-state index contributed by atoms with van der Waals surface area (Å²) in [5.74, 6) is -0.421. The summed E-state index contributed by atoms with van der Waals surface area (Å²) in [6.45, 7) is 2.79. The quantitative estimate of drug-likeness (QED) is 0.821. The van der Waals surface area contributed by atoms with Crippen molar-refractivity contribution < 1.29 is 22.3 Å². The third kappa shape index (κ3) is 4.42. The number of amides is 1. The molecule has 0 atom stereocenters. The van der Waals surface area contributed by atoms with Gasteiger partial charge in [-0.2, -0.15) is 0 Å². The largest absolute Gasteiger partial charge is 0.495 e. The number of benzene rings is 2. The lowest BCUT2D eigenvalue weighted by molar-refractivity contribution is 0.0664. The van der Waals surface area contributed by atoms with Crippen LogP contribution in [0.5, 0.6) is 5.75 Å². The van der Waals surface area contributed by atoms with Crippen LogP contribution in [0.1, 0.15) is 10.4 Å². The highest BCUT2D eigenvalue weighted by Gasteiger charge is 2.23. The van der Waals surface area contributed by atoms with Crippen LogP contribution in [0.25, 0.3) is 0 Å². The molecule has 7 nitrogen and oxygen atoms in total. The molecule has 0 radical (unpaired) electrons. The van der Waals surface area contributed by atoms with Gasteiger partial charge in [0, 0.05) is 31.7 Å². The van der Waals surface area contributed by atoms with E-state index in [2.05, 4.69) is 9.62 Å². The van der Waals surface area contributed by atoms with Crippen LogP contribution in [0.2, 0.25) is 0 Å². The van der Waals surface area contributed by atoms with Crippen LogP contribution in [-0.4, -0.2) is 64.5 Å². The predicted molar refractivity (Wildman–Crippen MR) is 104 cm³/mol. The minimum atomic E-state index is -3.97. The van der Waals surface area contributed by atoms with Crippen LogP contribution in [0.15, 0.2) is 47.4 Å². The molecule has 1 aliphatic rings. The highest BCUT2D eigenvalue weighted by atomic mass is 32.2. The first kappa shape index (κ1) is 20.1. The van der Waals surface area contributed by atoms with Crippen molar-refractivity contribution in [2.45, 2.75) is 4.90 Å². The second-order valence-electron chi connectivity index (χ2n) is 6.57. The van der Waals surface area contributed by atoms with Crippen molar-refractivity contribution in [2.24, 2.45) is 0 Å². The average Bonchev–Trinajstić information content (AvgIpc) is 2.68. The first-order valence-electron chi connectivity index (χ1n) is 8.74. The second-order valence-corrected chi connectivity index (χ2v) is 8.25. The number of rotatable bonds is 5. The molecule has 9 heteroatoms. The van der Waals surface area contributed by atoms with E-state index < -0.39 is 15.8 Å². The number of likely N-dealkylation sites (N-methyl/N-ethyl adjacent to an activating group) is 1. The highest BCUT2D eigenvalue weighted by molar-refractivity contribution is 7.92. The topological polar surface area (TPSA) is 79.0 Å². The summed E-state index contributed by atoms with van der Waals surface area (Å²) in [6, 6.07) is 9.09. The zero-order chi connectivity index (χ0) is 20.3. The summed E-state index contributed by atoms with van der Waals surface area (Å²) in [5.41, 5.74) is 0.508. The number of halogens is 1. The molecule has 3 rings (SSSR count). The number of anilines is 1. The van der Waals surface area contributed by atoms with Crippen molar-refractivity contribution in [1.29, 1.82) is 0 Å². The molecule has 1 aliphatic heterocycles.